The normalized spacial score (nSPS) is 22.3. The number of unbranched alkanes of at least 4 members (excludes halogenated alkanes) is 6. The quantitative estimate of drug-likeness (QED) is 0.104. The number of likely N-dealkylation sites (N-methyl/N-ethyl adjacent to an activating group) is 2. The maximum Gasteiger partial charge on any atom is 0.353 e. The number of hydrogen-bond donors (Lipinski definition) is 4. The Morgan fingerprint density at radius 3 is 1.32 bits per heavy atom. The Labute approximate surface area is 361 Å². The van der Waals surface area contributed by atoms with E-state index in [0.29, 0.717) is 13.1 Å². The van der Waals surface area contributed by atoms with Gasteiger partial charge in [-0.2, -0.15) is 0 Å². The van der Waals surface area contributed by atoms with Gasteiger partial charge in [0.1, 0.15) is 46.3 Å². The van der Waals surface area contributed by atoms with Gasteiger partial charge in [-0.05, 0) is 51.2 Å². The Bertz CT molecular complexity index is 1850. The predicted octanol–water partition coefficient (Wildman–Crippen LogP) is 4.93. The molecule has 0 aliphatic carbocycles. The minimum absolute atomic E-state index is 0.103. The van der Waals surface area contributed by atoms with Crippen molar-refractivity contribution < 1.29 is 39.0 Å². The summed E-state index contributed by atoms with van der Waals surface area (Å²) in [5.74, 6) is -3.68. The summed E-state index contributed by atoms with van der Waals surface area (Å²) >= 11 is 14.9. The number of nitrogens with zero attached hydrogens (tertiary/aromatic N) is 4. The fraction of sp³-hybridized carbons (Fsp3) is 0.463. The predicted molar refractivity (Wildman–Crippen MR) is 227 cm³/mol. The number of carbonyl (C=O) groups is 6. The third kappa shape index (κ3) is 9.79. The number of carboxylic acids is 2. The lowest BCUT2D eigenvalue weighted by atomic mass is 10.0. The Morgan fingerprint density at radius 2 is 0.983 bits per heavy atom. The molecule has 2 saturated heterocycles. The second kappa shape index (κ2) is 20.0. The molecular formula is C41H48Cl2N6O8S2. The van der Waals surface area contributed by atoms with E-state index in [0.717, 1.165) is 65.9 Å². The van der Waals surface area contributed by atoms with Crippen LogP contribution in [0.3, 0.4) is 0 Å². The summed E-state index contributed by atoms with van der Waals surface area (Å²) in [6, 6.07) is 15.8. The van der Waals surface area contributed by atoms with Gasteiger partial charge in [0.25, 0.3) is 11.8 Å². The molecule has 14 nitrogen and oxygen atoms in total. The number of β-lactam (4-membered cyclic amide) rings is 2. The Morgan fingerprint density at radius 1 is 0.644 bits per heavy atom. The molecule has 0 radical (unpaired) electrons. The summed E-state index contributed by atoms with van der Waals surface area (Å²) in [5.41, 5.74) is 1.14. The zero-order valence-corrected chi connectivity index (χ0v) is 35.9. The van der Waals surface area contributed by atoms with E-state index in [4.69, 9.17) is 23.2 Å². The van der Waals surface area contributed by atoms with Crippen LogP contribution in [0.25, 0.3) is 0 Å². The molecule has 0 spiro atoms. The zero-order chi connectivity index (χ0) is 42.4. The topological polar surface area (TPSA) is 180 Å². The van der Waals surface area contributed by atoms with E-state index in [9.17, 15) is 39.0 Å². The van der Waals surface area contributed by atoms with E-state index in [1.54, 1.807) is 0 Å². The smallest absolute Gasteiger partial charge is 0.353 e. The van der Waals surface area contributed by atoms with Gasteiger partial charge in [0.2, 0.25) is 11.8 Å². The number of amides is 4. The van der Waals surface area contributed by atoms with E-state index in [2.05, 4.69) is 10.6 Å². The lowest BCUT2D eigenvalue weighted by Gasteiger charge is -2.49. The molecule has 0 aromatic heterocycles. The molecule has 2 aromatic carbocycles. The van der Waals surface area contributed by atoms with E-state index < -0.39 is 58.7 Å². The summed E-state index contributed by atoms with van der Waals surface area (Å²) in [6.07, 6.45) is 6.74. The van der Waals surface area contributed by atoms with Crippen molar-refractivity contribution in [3.63, 3.8) is 0 Å². The van der Waals surface area contributed by atoms with E-state index in [1.807, 2.05) is 84.6 Å². The van der Waals surface area contributed by atoms with Crippen molar-refractivity contribution in [1.29, 1.82) is 0 Å². The average molecular weight is 888 g/mol. The molecule has 18 heteroatoms. The first-order valence-corrected chi connectivity index (χ1v) is 22.4. The fourth-order valence-electron chi connectivity index (χ4n) is 7.98. The first-order valence-electron chi connectivity index (χ1n) is 19.6. The molecule has 4 unspecified atom stereocenters. The molecule has 4 N–H and O–H groups in total. The van der Waals surface area contributed by atoms with Crippen molar-refractivity contribution in [3.05, 3.63) is 93.2 Å². The van der Waals surface area contributed by atoms with E-state index >= 15 is 0 Å². The monoisotopic (exact) mass is 886 g/mol. The molecule has 4 amide bonds. The largest absolute Gasteiger partial charge is 0.477 e. The highest BCUT2D eigenvalue weighted by molar-refractivity contribution is 8.00. The molecular weight excluding hydrogens is 840 g/mol. The SMILES string of the molecule is CN(CCCCCCCCCN(C)[C@H](C(=O)N[C@H]1C(=O)N2C(C(=O)O)=C(Cl)CSC12)c1ccccc1)C(C(=O)NC1C(=O)N2C(C(=O)O)=C(Cl)CSC12)c1ccccc1. The number of halogens is 2. The number of carbonyl (C=O) groups excluding carboxylic acids is 4. The molecule has 59 heavy (non-hydrogen) atoms. The van der Waals surface area contributed by atoms with Gasteiger partial charge in [-0.3, -0.25) is 38.8 Å². The van der Waals surface area contributed by atoms with Crippen molar-refractivity contribution >= 4 is 82.3 Å². The summed E-state index contributed by atoms with van der Waals surface area (Å²) in [6.45, 7) is 1.31. The van der Waals surface area contributed by atoms with Gasteiger partial charge in [0.15, 0.2) is 0 Å². The standard InChI is InChI=1S/C41H48Cl2N6O8S2/c1-46(30(24-16-10-8-11-17-24)34(50)44-28-36(52)48-32(40(54)55)26(42)22-58-38(28)48)20-14-6-4-3-5-7-15-21-47(2)31(25-18-12-9-13-19-25)35(51)45-29-37(53)49-33(41(56)57)27(43)23-59-39(29)49/h8-13,16-19,28-31,38-39H,3-7,14-15,20-23H2,1-2H3,(H,44,50)(H,45,51)(H,54,55)(H,56,57)/t28-,29?,30-,31?,38?,39?/m0/s1. The second-order valence-electron chi connectivity index (χ2n) is 15.0. The fourth-order valence-corrected chi connectivity index (χ4v) is 11.1. The number of benzene rings is 2. The summed E-state index contributed by atoms with van der Waals surface area (Å²) < 4.78 is 0. The van der Waals surface area contributed by atoms with Crippen LogP contribution in [0.2, 0.25) is 0 Å². The molecule has 316 valence electrons. The number of rotatable bonds is 20. The van der Waals surface area contributed by atoms with Crippen molar-refractivity contribution in [1.82, 2.24) is 30.2 Å². The molecule has 4 aliphatic heterocycles. The van der Waals surface area contributed by atoms with Crippen molar-refractivity contribution in [2.75, 3.05) is 38.7 Å². The maximum absolute atomic E-state index is 13.7. The number of aliphatic carboxylic acids is 2. The second-order valence-corrected chi connectivity index (χ2v) is 18.1. The lowest BCUT2D eigenvalue weighted by molar-refractivity contribution is -0.151. The summed E-state index contributed by atoms with van der Waals surface area (Å²) in [5, 5.41) is 24.1. The van der Waals surface area contributed by atoms with Gasteiger partial charge >= 0.3 is 11.9 Å². The van der Waals surface area contributed by atoms with Crippen LogP contribution in [-0.2, 0) is 28.8 Å². The Kier molecular flexibility index (Phi) is 15.1. The first-order chi connectivity index (χ1) is 28.3. The van der Waals surface area contributed by atoms with Crippen molar-refractivity contribution in [3.8, 4) is 0 Å². The highest BCUT2D eigenvalue weighted by Gasteiger charge is 2.56. The molecule has 0 bridgehead atoms. The number of nitrogens with one attached hydrogen (secondary N) is 2. The highest BCUT2D eigenvalue weighted by Crippen LogP contribution is 2.43. The minimum atomic E-state index is -1.27. The van der Waals surface area contributed by atoms with Gasteiger partial charge in [-0.1, -0.05) is 116 Å². The average Bonchev–Trinajstić information content (AvgIpc) is 3.21. The first kappa shape index (κ1) is 44.5. The molecule has 4 heterocycles. The van der Waals surface area contributed by atoms with Gasteiger partial charge in [-0.15, -0.1) is 23.5 Å². The van der Waals surface area contributed by atoms with E-state index in [-0.39, 0.29) is 44.8 Å². The molecule has 2 fully saturated rings. The Hall–Kier alpha value is -4.06. The van der Waals surface area contributed by atoms with Crippen LogP contribution in [0.15, 0.2) is 82.1 Å². The summed E-state index contributed by atoms with van der Waals surface area (Å²) in [4.78, 5) is 83.3. The van der Waals surface area contributed by atoms with Crippen LogP contribution in [0.5, 0.6) is 0 Å². The maximum atomic E-state index is 13.7. The van der Waals surface area contributed by atoms with Crippen LogP contribution in [0.1, 0.15) is 68.2 Å². The molecule has 6 atom stereocenters. The van der Waals surface area contributed by atoms with Gasteiger partial charge in [-0.25, -0.2) is 9.59 Å². The van der Waals surface area contributed by atoms with Crippen LogP contribution in [-0.4, -0.2) is 127 Å². The van der Waals surface area contributed by atoms with Gasteiger partial charge < -0.3 is 20.8 Å². The zero-order valence-electron chi connectivity index (χ0n) is 32.7. The number of thioether (sulfide) groups is 2. The lowest BCUT2D eigenvalue weighted by Crippen LogP contribution is -2.71. The van der Waals surface area contributed by atoms with Crippen molar-refractivity contribution in [2.45, 2.75) is 79.9 Å². The molecule has 2 aromatic rings. The van der Waals surface area contributed by atoms with Gasteiger partial charge in [0.05, 0.1) is 10.1 Å². The minimum Gasteiger partial charge on any atom is -0.477 e. The van der Waals surface area contributed by atoms with Crippen LogP contribution in [0, 0.1) is 0 Å². The number of hydrogen-bond acceptors (Lipinski definition) is 10. The van der Waals surface area contributed by atoms with Crippen molar-refractivity contribution in [2.24, 2.45) is 0 Å². The van der Waals surface area contributed by atoms with Crippen LogP contribution >= 0.6 is 46.7 Å². The van der Waals surface area contributed by atoms with E-state index in [1.165, 1.54) is 23.5 Å². The summed E-state index contributed by atoms with van der Waals surface area (Å²) in [7, 11) is 3.78. The third-order valence-corrected chi connectivity index (χ3v) is 14.5. The highest BCUT2D eigenvalue weighted by atomic mass is 35.5. The number of fused-ring (bicyclic) bond motifs is 2. The van der Waals surface area contributed by atoms with Crippen LogP contribution in [0.4, 0.5) is 0 Å². The molecule has 0 saturated carbocycles. The molecule has 6 rings (SSSR count). The molecule has 4 aliphatic rings. The van der Waals surface area contributed by atoms with Gasteiger partial charge in [0, 0.05) is 11.5 Å². The Balaban J connectivity index is 0.930. The third-order valence-electron chi connectivity index (χ3n) is 11.0. The number of carboxylic acid groups (broad SMARTS) is 2. The van der Waals surface area contributed by atoms with Crippen LogP contribution < -0.4 is 10.6 Å².